The number of likely N-dealkylation sites (tertiary alicyclic amines) is 2. The van der Waals surface area contributed by atoms with Gasteiger partial charge in [-0.1, -0.05) is 0 Å². The number of benzene rings is 1. The number of carbonyl (C=O) groups excluding carboxylic acids is 1. The fraction of sp³-hybridized carbons (Fsp3) is 0.556. The van der Waals surface area contributed by atoms with Gasteiger partial charge in [0.05, 0.1) is 17.2 Å². The van der Waals surface area contributed by atoms with E-state index >= 15 is 0 Å². The van der Waals surface area contributed by atoms with Gasteiger partial charge >= 0.3 is 11.9 Å². The van der Waals surface area contributed by atoms with Gasteiger partial charge in [0, 0.05) is 50.8 Å². The van der Waals surface area contributed by atoms with Crippen molar-refractivity contribution < 1.29 is 22.4 Å². The van der Waals surface area contributed by atoms with Crippen LogP contribution in [0.5, 0.6) is 0 Å². The predicted molar refractivity (Wildman–Crippen MR) is 136 cm³/mol. The van der Waals surface area contributed by atoms with Crippen LogP contribution in [0.15, 0.2) is 41.5 Å². The van der Waals surface area contributed by atoms with E-state index in [4.69, 9.17) is 0 Å². The fourth-order valence-corrected chi connectivity index (χ4v) is 5.87. The highest BCUT2D eigenvalue weighted by atomic mass is 19.4. The van der Waals surface area contributed by atoms with Crippen molar-refractivity contribution in [2.45, 2.75) is 63.8 Å². The van der Waals surface area contributed by atoms with Crippen LogP contribution in [0.3, 0.4) is 0 Å². The van der Waals surface area contributed by atoms with Gasteiger partial charge in [-0.15, -0.1) is 0 Å². The molecule has 2 fully saturated rings. The number of hydrogen-bond acceptors (Lipinski definition) is 5. The van der Waals surface area contributed by atoms with Crippen LogP contribution >= 0.6 is 0 Å². The van der Waals surface area contributed by atoms with Gasteiger partial charge in [0.2, 0.25) is 5.91 Å². The van der Waals surface area contributed by atoms with E-state index in [9.17, 15) is 27.2 Å². The number of amides is 1. The lowest BCUT2D eigenvalue weighted by Crippen LogP contribution is -2.46. The number of imidazole rings is 1. The minimum absolute atomic E-state index is 0.0328. The first kappa shape index (κ1) is 27.3. The Bertz CT molecular complexity index is 1340. The van der Waals surface area contributed by atoms with Crippen LogP contribution in [-0.4, -0.2) is 67.4 Å². The number of halogens is 4. The third-order valence-corrected chi connectivity index (χ3v) is 7.90. The van der Waals surface area contributed by atoms with E-state index in [0.717, 1.165) is 38.0 Å². The van der Waals surface area contributed by atoms with Crippen molar-refractivity contribution >= 4 is 16.9 Å². The van der Waals surface area contributed by atoms with Crippen LogP contribution in [-0.2, 0) is 17.9 Å². The maximum Gasteiger partial charge on any atom is 0.389 e. The van der Waals surface area contributed by atoms with E-state index in [2.05, 4.69) is 15.1 Å². The molecule has 0 radical (unpaired) electrons. The third-order valence-electron chi connectivity index (χ3n) is 7.90. The Morgan fingerprint density at radius 3 is 2.38 bits per heavy atom. The van der Waals surface area contributed by atoms with Gasteiger partial charge in [-0.05, 0) is 75.0 Å². The summed E-state index contributed by atoms with van der Waals surface area (Å²) in [6, 6.07) is 5.70. The van der Waals surface area contributed by atoms with Crippen LogP contribution in [0.25, 0.3) is 11.0 Å². The van der Waals surface area contributed by atoms with Gasteiger partial charge in [-0.2, -0.15) is 23.4 Å². The van der Waals surface area contributed by atoms with Crippen molar-refractivity contribution in [1.82, 2.24) is 29.1 Å². The van der Waals surface area contributed by atoms with Gasteiger partial charge in [-0.25, -0.2) is 9.18 Å². The first-order chi connectivity index (χ1) is 18.7. The molecule has 0 spiro atoms. The van der Waals surface area contributed by atoms with Crippen molar-refractivity contribution in [3.05, 3.63) is 58.5 Å². The lowest BCUT2D eigenvalue weighted by molar-refractivity contribution is -0.138. The first-order valence-electron chi connectivity index (χ1n) is 13.4. The highest BCUT2D eigenvalue weighted by Crippen LogP contribution is 2.29. The van der Waals surface area contributed by atoms with Gasteiger partial charge in [0.25, 0.3) is 0 Å². The Morgan fingerprint density at radius 2 is 1.72 bits per heavy atom. The van der Waals surface area contributed by atoms with Crippen molar-refractivity contribution in [2.24, 2.45) is 5.92 Å². The Morgan fingerprint density at radius 1 is 0.974 bits per heavy atom. The average Bonchev–Trinajstić information content (AvgIpc) is 3.19. The maximum absolute atomic E-state index is 14.0. The van der Waals surface area contributed by atoms with Crippen molar-refractivity contribution in [3.8, 4) is 0 Å². The van der Waals surface area contributed by atoms with E-state index in [-0.39, 0.29) is 30.8 Å². The zero-order valence-corrected chi connectivity index (χ0v) is 21.6. The summed E-state index contributed by atoms with van der Waals surface area (Å²) in [6.45, 7) is 3.30. The first-order valence-corrected chi connectivity index (χ1v) is 13.4. The second-order valence-electron chi connectivity index (χ2n) is 10.5. The van der Waals surface area contributed by atoms with Gasteiger partial charge < -0.3 is 4.90 Å². The molecular formula is C27H32F4N6O2. The quantitative estimate of drug-likeness (QED) is 0.415. The summed E-state index contributed by atoms with van der Waals surface area (Å²) in [4.78, 5) is 30.8. The SMILES string of the molecule is O=C(C1CCN(Cc2ccnnc2)CC1)N1CCC(n2c(=O)n(CCCC(F)(F)F)c3cc(F)ccc32)CC1. The van der Waals surface area contributed by atoms with Crippen LogP contribution in [0.2, 0.25) is 0 Å². The summed E-state index contributed by atoms with van der Waals surface area (Å²) in [7, 11) is 0. The zero-order valence-electron chi connectivity index (χ0n) is 21.6. The topological polar surface area (TPSA) is 76.3 Å². The molecule has 8 nitrogen and oxygen atoms in total. The summed E-state index contributed by atoms with van der Waals surface area (Å²) in [5.74, 6) is -0.439. The van der Waals surface area contributed by atoms with Crippen molar-refractivity contribution in [1.29, 1.82) is 0 Å². The highest BCUT2D eigenvalue weighted by Gasteiger charge is 2.33. The summed E-state index contributed by atoms with van der Waals surface area (Å²) in [5.41, 5.74) is 1.47. The standard InChI is InChI=1S/C27H32F4N6O2/c28-21-2-3-23-24(16-21)36(11-1-9-27(29,30)31)26(39)37(23)22-7-14-35(15-8-22)25(38)20-5-12-34(13-6-20)18-19-4-10-32-33-17-19/h2-4,10,16-17,20,22H,1,5-9,11-15,18H2. The molecule has 1 aromatic carbocycles. The number of alkyl halides is 3. The number of piperidine rings is 2. The van der Waals surface area contributed by atoms with Crippen molar-refractivity contribution in [2.75, 3.05) is 26.2 Å². The number of aromatic nitrogens is 4. The number of aryl methyl sites for hydroxylation is 1. The van der Waals surface area contributed by atoms with E-state index < -0.39 is 24.1 Å². The molecule has 0 N–H and O–H groups in total. The minimum atomic E-state index is -4.32. The highest BCUT2D eigenvalue weighted by molar-refractivity contribution is 5.79. The number of fused-ring (bicyclic) bond motifs is 1. The normalized spacial score (nSPS) is 18.2. The predicted octanol–water partition coefficient (Wildman–Crippen LogP) is 4.15. The zero-order chi connectivity index (χ0) is 27.6. The molecule has 2 aromatic heterocycles. The number of carbonyl (C=O) groups is 1. The number of hydrogen-bond donors (Lipinski definition) is 0. The molecule has 0 unspecified atom stereocenters. The second kappa shape index (κ2) is 11.4. The van der Waals surface area contributed by atoms with E-state index in [0.29, 0.717) is 37.0 Å². The monoisotopic (exact) mass is 548 g/mol. The molecule has 2 aliphatic rings. The second-order valence-corrected chi connectivity index (χ2v) is 10.5. The van der Waals surface area contributed by atoms with Crippen LogP contribution in [0, 0.1) is 11.7 Å². The molecule has 210 valence electrons. The summed E-state index contributed by atoms with van der Waals surface area (Å²) < 4.78 is 54.9. The largest absolute Gasteiger partial charge is 0.389 e. The van der Waals surface area contributed by atoms with E-state index in [1.165, 1.54) is 22.8 Å². The fourth-order valence-electron chi connectivity index (χ4n) is 5.87. The Hall–Kier alpha value is -3.28. The summed E-state index contributed by atoms with van der Waals surface area (Å²) in [6.07, 6.45) is 0.515. The Kier molecular flexibility index (Phi) is 8.01. The molecule has 0 atom stereocenters. The molecule has 12 heteroatoms. The Balaban J connectivity index is 1.21. The van der Waals surface area contributed by atoms with Crippen LogP contribution in [0.1, 0.15) is 50.1 Å². The molecule has 4 heterocycles. The molecule has 5 rings (SSSR count). The molecule has 2 aliphatic heterocycles. The number of nitrogens with zero attached hydrogens (tertiary/aromatic N) is 6. The minimum Gasteiger partial charge on any atom is -0.342 e. The van der Waals surface area contributed by atoms with Gasteiger partial charge in [0.1, 0.15) is 5.82 Å². The molecule has 39 heavy (non-hydrogen) atoms. The van der Waals surface area contributed by atoms with E-state index in [1.807, 2.05) is 11.0 Å². The lowest BCUT2D eigenvalue weighted by atomic mass is 9.93. The summed E-state index contributed by atoms with van der Waals surface area (Å²) >= 11 is 0. The molecule has 0 aliphatic carbocycles. The number of rotatable bonds is 7. The smallest absolute Gasteiger partial charge is 0.342 e. The molecular weight excluding hydrogens is 516 g/mol. The van der Waals surface area contributed by atoms with E-state index in [1.54, 1.807) is 17.0 Å². The van der Waals surface area contributed by atoms with Crippen LogP contribution in [0.4, 0.5) is 17.6 Å². The molecule has 2 saturated heterocycles. The maximum atomic E-state index is 14.0. The Labute approximate surface area is 223 Å². The van der Waals surface area contributed by atoms with Gasteiger partial charge in [-0.3, -0.25) is 18.8 Å². The van der Waals surface area contributed by atoms with Gasteiger partial charge in [0.15, 0.2) is 0 Å². The molecule has 1 amide bonds. The third kappa shape index (κ3) is 6.32. The molecule has 0 bridgehead atoms. The average molecular weight is 549 g/mol. The van der Waals surface area contributed by atoms with Crippen LogP contribution < -0.4 is 5.69 Å². The molecule has 3 aromatic rings. The van der Waals surface area contributed by atoms with Crippen molar-refractivity contribution in [3.63, 3.8) is 0 Å². The summed E-state index contributed by atoms with van der Waals surface area (Å²) in [5, 5.41) is 7.72. The lowest BCUT2D eigenvalue weighted by Gasteiger charge is -2.37. The molecule has 0 saturated carbocycles.